The van der Waals surface area contributed by atoms with Crippen LogP contribution in [0, 0.1) is 0 Å². The second-order valence-corrected chi connectivity index (χ2v) is 5.94. The van der Waals surface area contributed by atoms with Gasteiger partial charge in [0.25, 0.3) is 0 Å². The van der Waals surface area contributed by atoms with E-state index in [-0.39, 0.29) is 11.5 Å². The number of likely N-dealkylation sites (N-methyl/N-ethyl adjacent to an activating group) is 1. The molecule has 0 aliphatic rings. The van der Waals surface area contributed by atoms with E-state index >= 15 is 0 Å². The minimum atomic E-state index is 0.172. The molecule has 0 heterocycles. The number of nitrogens with one attached hydrogen (secondary N) is 1. The second-order valence-electron chi connectivity index (χ2n) is 5.94. The maximum atomic E-state index is 5.93. The van der Waals surface area contributed by atoms with Gasteiger partial charge in [-0.05, 0) is 43.5 Å². The van der Waals surface area contributed by atoms with Gasteiger partial charge in [0.2, 0.25) is 0 Å². The highest BCUT2D eigenvalue weighted by Gasteiger charge is 2.15. The van der Waals surface area contributed by atoms with Gasteiger partial charge in [0.1, 0.15) is 11.9 Å². The fourth-order valence-corrected chi connectivity index (χ4v) is 1.84. The minimum absolute atomic E-state index is 0.172. The number of ether oxygens (including phenoxy) is 1. The third-order valence-corrected chi connectivity index (χ3v) is 3.27. The van der Waals surface area contributed by atoms with Gasteiger partial charge in [-0.25, -0.2) is 0 Å². The Morgan fingerprint density at radius 2 is 1.67 bits per heavy atom. The fourth-order valence-electron chi connectivity index (χ4n) is 1.84. The summed E-state index contributed by atoms with van der Waals surface area (Å²) in [5.74, 6) is 0.945. The minimum Gasteiger partial charge on any atom is -0.489 e. The van der Waals surface area contributed by atoms with E-state index < -0.39 is 0 Å². The predicted octanol–water partition coefficient (Wildman–Crippen LogP) is 3.75. The van der Waals surface area contributed by atoms with Crippen molar-refractivity contribution in [1.82, 2.24) is 5.32 Å². The summed E-state index contributed by atoms with van der Waals surface area (Å²) in [6.07, 6.45) is 0.172. The molecule has 1 N–H and O–H groups in total. The highest BCUT2D eigenvalue weighted by Crippen LogP contribution is 2.24. The Kier molecular flexibility index (Phi) is 5.21. The molecule has 0 aliphatic heterocycles. The molecule has 0 bridgehead atoms. The zero-order valence-corrected chi connectivity index (χ0v) is 12.6. The van der Waals surface area contributed by atoms with E-state index in [2.05, 4.69) is 71.1 Å². The SMILES string of the molecule is CCNC(C)C(C)Oc1ccc(C(C)(C)C)cc1. The summed E-state index contributed by atoms with van der Waals surface area (Å²) in [6, 6.07) is 8.79. The van der Waals surface area contributed by atoms with Gasteiger partial charge in [0, 0.05) is 6.04 Å². The Morgan fingerprint density at radius 3 is 2.11 bits per heavy atom. The molecular formula is C16H27NO. The van der Waals surface area contributed by atoms with Gasteiger partial charge in [0.05, 0.1) is 0 Å². The molecule has 0 saturated carbocycles. The topological polar surface area (TPSA) is 21.3 Å². The summed E-state index contributed by atoms with van der Waals surface area (Å²) in [5.41, 5.74) is 1.53. The standard InChI is InChI=1S/C16H27NO/c1-7-17-12(2)13(3)18-15-10-8-14(9-11-15)16(4,5)6/h8-13,17H,7H2,1-6H3. The monoisotopic (exact) mass is 249 g/mol. The van der Waals surface area contributed by atoms with Gasteiger partial charge in [-0.15, -0.1) is 0 Å². The molecule has 2 unspecified atom stereocenters. The molecule has 18 heavy (non-hydrogen) atoms. The molecule has 2 atom stereocenters. The molecule has 0 aromatic heterocycles. The lowest BCUT2D eigenvalue weighted by molar-refractivity contribution is 0.179. The summed E-state index contributed by atoms with van der Waals surface area (Å²) < 4.78 is 5.93. The van der Waals surface area contributed by atoms with E-state index in [1.165, 1.54) is 5.56 Å². The first-order valence-electron chi connectivity index (χ1n) is 6.85. The molecule has 0 radical (unpaired) electrons. The average Bonchev–Trinajstić information content (AvgIpc) is 2.28. The summed E-state index contributed by atoms with van der Waals surface area (Å²) in [7, 11) is 0. The zero-order valence-electron chi connectivity index (χ0n) is 12.6. The van der Waals surface area contributed by atoms with Crippen LogP contribution in [0.5, 0.6) is 5.75 Å². The van der Waals surface area contributed by atoms with Crippen LogP contribution >= 0.6 is 0 Å². The molecule has 1 aromatic rings. The van der Waals surface area contributed by atoms with Crippen molar-refractivity contribution in [3.63, 3.8) is 0 Å². The Hall–Kier alpha value is -1.02. The van der Waals surface area contributed by atoms with Gasteiger partial charge in [-0.2, -0.15) is 0 Å². The van der Waals surface area contributed by atoms with E-state index in [9.17, 15) is 0 Å². The third kappa shape index (κ3) is 4.34. The van der Waals surface area contributed by atoms with Crippen LogP contribution < -0.4 is 10.1 Å². The van der Waals surface area contributed by atoms with E-state index in [0.717, 1.165) is 12.3 Å². The number of benzene rings is 1. The van der Waals surface area contributed by atoms with Gasteiger partial charge >= 0.3 is 0 Å². The highest BCUT2D eigenvalue weighted by atomic mass is 16.5. The Labute approximate surface area is 112 Å². The van der Waals surface area contributed by atoms with E-state index in [4.69, 9.17) is 4.74 Å². The van der Waals surface area contributed by atoms with E-state index in [1.54, 1.807) is 0 Å². The second kappa shape index (κ2) is 6.24. The zero-order chi connectivity index (χ0) is 13.8. The third-order valence-electron chi connectivity index (χ3n) is 3.27. The molecule has 1 aromatic carbocycles. The fraction of sp³-hybridized carbons (Fsp3) is 0.625. The van der Waals surface area contributed by atoms with Gasteiger partial charge < -0.3 is 10.1 Å². The van der Waals surface area contributed by atoms with Crippen molar-refractivity contribution in [2.75, 3.05) is 6.54 Å². The van der Waals surface area contributed by atoms with Gasteiger partial charge in [-0.1, -0.05) is 39.8 Å². The molecule has 0 fully saturated rings. The van der Waals surface area contributed by atoms with Crippen molar-refractivity contribution in [2.24, 2.45) is 0 Å². The van der Waals surface area contributed by atoms with Crippen molar-refractivity contribution in [3.05, 3.63) is 29.8 Å². The van der Waals surface area contributed by atoms with Crippen molar-refractivity contribution < 1.29 is 4.74 Å². The summed E-state index contributed by atoms with van der Waals surface area (Å²) in [6.45, 7) is 14.0. The van der Waals surface area contributed by atoms with Crippen LogP contribution in [0.3, 0.4) is 0 Å². The lowest BCUT2D eigenvalue weighted by Crippen LogP contribution is -2.38. The Bertz CT molecular complexity index is 350. The quantitative estimate of drug-likeness (QED) is 0.858. The van der Waals surface area contributed by atoms with E-state index in [0.29, 0.717) is 6.04 Å². The molecule has 0 aliphatic carbocycles. The van der Waals surface area contributed by atoms with Crippen LogP contribution in [-0.2, 0) is 5.41 Å². The molecule has 0 amide bonds. The van der Waals surface area contributed by atoms with Crippen molar-refractivity contribution in [3.8, 4) is 5.75 Å². The Morgan fingerprint density at radius 1 is 1.11 bits per heavy atom. The number of hydrogen-bond acceptors (Lipinski definition) is 2. The lowest BCUT2D eigenvalue weighted by atomic mass is 9.87. The molecular weight excluding hydrogens is 222 g/mol. The lowest BCUT2D eigenvalue weighted by Gasteiger charge is -2.23. The molecule has 1 rings (SSSR count). The molecule has 2 heteroatoms. The summed E-state index contributed by atoms with van der Waals surface area (Å²) >= 11 is 0. The molecule has 0 saturated heterocycles. The highest BCUT2D eigenvalue weighted by molar-refractivity contribution is 5.31. The normalized spacial score (nSPS) is 15.2. The maximum absolute atomic E-state index is 5.93. The smallest absolute Gasteiger partial charge is 0.119 e. The number of hydrogen-bond donors (Lipinski definition) is 1. The molecule has 0 spiro atoms. The van der Waals surface area contributed by atoms with Crippen LogP contribution in [0.25, 0.3) is 0 Å². The summed E-state index contributed by atoms with van der Waals surface area (Å²) in [5, 5.41) is 3.38. The first-order chi connectivity index (χ1) is 8.34. The van der Waals surface area contributed by atoms with Crippen LogP contribution in [-0.4, -0.2) is 18.7 Å². The van der Waals surface area contributed by atoms with Crippen LogP contribution in [0.15, 0.2) is 24.3 Å². The molecule has 2 nitrogen and oxygen atoms in total. The predicted molar refractivity (Wildman–Crippen MR) is 78.4 cm³/mol. The first-order valence-corrected chi connectivity index (χ1v) is 6.85. The van der Waals surface area contributed by atoms with E-state index in [1.807, 2.05) is 0 Å². The average molecular weight is 249 g/mol. The van der Waals surface area contributed by atoms with Crippen molar-refractivity contribution in [2.45, 2.75) is 59.1 Å². The van der Waals surface area contributed by atoms with Crippen molar-refractivity contribution >= 4 is 0 Å². The molecule has 102 valence electrons. The van der Waals surface area contributed by atoms with Gasteiger partial charge in [0.15, 0.2) is 0 Å². The summed E-state index contributed by atoms with van der Waals surface area (Å²) in [4.78, 5) is 0. The van der Waals surface area contributed by atoms with Gasteiger partial charge in [-0.3, -0.25) is 0 Å². The Balaban J connectivity index is 2.64. The van der Waals surface area contributed by atoms with Crippen LogP contribution in [0.1, 0.15) is 47.1 Å². The largest absolute Gasteiger partial charge is 0.489 e. The van der Waals surface area contributed by atoms with Crippen LogP contribution in [0.4, 0.5) is 0 Å². The maximum Gasteiger partial charge on any atom is 0.119 e. The first kappa shape index (κ1) is 15.0. The van der Waals surface area contributed by atoms with Crippen LogP contribution in [0.2, 0.25) is 0 Å². The number of rotatable bonds is 5. The van der Waals surface area contributed by atoms with Crippen molar-refractivity contribution in [1.29, 1.82) is 0 Å².